The molecule has 1 unspecified atom stereocenters. The molecule has 2 amide bonds. The number of rotatable bonds is 9. The molecule has 0 aliphatic rings. The molecule has 1 heterocycles. The second-order valence-corrected chi connectivity index (χ2v) is 8.98. The SMILES string of the molecule is CCCc1cc(-c2nn(C)c3cc(OC)ccc23)ccc1Oc1cccc(C(C)CC)c1.O=CNC(=O)O. The van der Waals surface area contributed by atoms with E-state index in [2.05, 4.69) is 63.2 Å². The van der Waals surface area contributed by atoms with Crippen LogP contribution < -0.4 is 14.8 Å². The van der Waals surface area contributed by atoms with Crippen molar-refractivity contribution in [3.8, 4) is 28.5 Å². The number of amides is 2. The van der Waals surface area contributed by atoms with Gasteiger partial charge in [0.15, 0.2) is 0 Å². The molecule has 4 rings (SSSR count). The van der Waals surface area contributed by atoms with Gasteiger partial charge in [-0.15, -0.1) is 0 Å². The molecule has 0 saturated heterocycles. The summed E-state index contributed by atoms with van der Waals surface area (Å²) in [5, 5.41) is 14.9. The van der Waals surface area contributed by atoms with Crippen LogP contribution in [0.5, 0.6) is 17.2 Å². The standard InChI is InChI=1S/C28H32N2O2.C2H3NO3/c1-6-9-21-16-22(28-25-14-13-23(31-5)18-26(25)30(4)29-28)12-15-27(21)32-24-11-8-10-20(17-24)19(3)7-2;4-1-3-2(5)6/h8,10-19H,6-7,9H2,1-5H3;1H,(H,3,4)(H,5,6). The Morgan fingerprint density at radius 3 is 2.53 bits per heavy atom. The molecule has 200 valence electrons. The Kier molecular flexibility index (Phi) is 9.87. The predicted molar refractivity (Wildman–Crippen MR) is 149 cm³/mol. The monoisotopic (exact) mass is 517 g/mol. The maximum absolute atomic E-state index is 9.26. The van der Waals surface area contributed by atoms with E-state index in [4.69, 9.17) is 24.5 Å². The topological polar surface area (TPSA) is 103 Å². The third kappa shape index (κ3) is 6.91. The van der Waals surface area contributed by atoms with E-state index in [1.165, 1.54) is 16.4 Å². The summed E-state index contributed by atoms with van der Waals surface area (Å²) < 4.78 is 13.7. The molecular formula is C30H35N3O5. The number of hydrogen-bond donors (Lipinski definition) is 2. The van der Waals surface area contributed by atoms with E-state index in [1.54, 1.807) is 7.11 Å². The number of nitrogens with one attached hydrogen (secondary N) is 1. The first-order chi connectivity index (χ1) is 18.3. The molecule has 0 aliphatic carbocycles. The van der Waals surface area contributed by atoms with Crippen molar-refractivity contribution in [1.82, 2.24) is 15.1 Å². The van der Waals surface area contributed by atoms with Crippen LogP contribution >= 0.6 is 0 Å². The minimum atomic E-state index is -1.33. The van der Waals surface area contributed by atoms with Gasteiger partial charge in [-0.1, -0.05) is 39.3 Å². The Hall–Kier alpha value is -4.33. The van der Waals surface area contributed by atoms with Crippen LogP contribution in [0.2, 0.25) is 0 Å². The number of carbonyl (C=O) groups excluding carboxylic acids is 1. The van der Waals surface area contributed by atoms with E-state index >= 15 is 0 Å². The minimum Gasteiger partial charge on any atom is -0.497 e. The average Bonchev–Trinajstić information content (AvgIpc) is 3.25. The molecule has 0 spiro atoms. The molecule has 4 aromatic rings. The summed E-state index contributed by atoms with van der Waals surface area (Å²) >= 11 is 0. The summed E-state index contributed by atoms with van der Waals surface area (Å²) in [5.74, 6) is 3.16. The van der Waals surface area contributed by atoms with Crippen LogP contribution in [0.4, 0.5) is 4.79 Å². The number of fused-ring (bicyclic) bond motifs is 1. The van der Waals surface area contributed by atoms with Gasteiger partial charge in [0.05, 0.1) is 12.6 Å². The van der Waals surface area contributed by atoms with Gasteiger partial charge in [-0.2, -0.15) is 5.10 Å². The molecule has 2 N–H and O–H groups in total. The minimum absolute atomic E-state index is 0.0995. The van der Waals surface area contributed by atoms with Gasteiger partial charge in [0.2, 0.25) is 6.41 Å². The number of hydrogen-bond acceptors (Lipinski definition) is 5. The van der Waals surface area contributed by atoms with Crippen LogP contribution in [0.3, 0.4) is 0 Å². The fourth-order valence-corrected chi connectivity index (χ4v) is 4.17. The average molecular weight is 518 g/mol. The van der Waals surface area contributed by atoms with Crippen molar-refractivity contribution < 1.29 is 24.2 Å². The number of ether oxygens (including phenoxy) is 2. The summed E-state index contributed by atoms with van der Waals surface area (Å²) in [6, 6.07) is 21.0. The first-order valence-corrected chi connectivity index (χ1v) is 12.7. The highest BCUT2D eigenvalue weighted by Crippen LogP contribution is 2.35. The number of imide groups is 1. The van der Waals surface area contributed by atoms with E-state index in [0.717, 1.165) is 58.7 Å². The summed E-state index contributed by atoms with van der Waals surface area (Å²) in [6.45, 7) is 6.67. The van der Waals surface area contributed by atoms with Gasteiger partial charge in [-0.05, 0) is 72.4 Å². The predicted octanol–water partition coefficient (Wildman–Crippen LogP) is 6.92. The molecule has 0 bridgehead atoms. The lowest BCUT2D eigenvalue weighted by atomic mass is 9.98. The van der Waals surface area contributed by atoms with Gasteiger partial charge < -0.3 is 14.6 Å². The number of aryl methyl sites for hydroxylation is 2. The number of carboxylic acid groups (broad SMARTS) is 1. The van der Waals surface area contributed by atoms with Gasteiger partial charge in [0.25, 0.3) is 0 Å². The number of benzene rings is 3. The zero-order valence-corrected chi connectivity index (χ0v) is 22.5. The van der Waals surface area contributed by atoms with Crippen molar-refractivity contribution in [3.63, 3.8) is 0 Å². The van der Waals surface area contributed by atoms with Gasteiger partial charge in [-0.3, -0.25) is 14.8 Å². The zero-order valence-electron chi connectivity index (χ0n) is 22.5. The molecular weight excluding hydrogens is 482 g/mol. The van der Waals surface area contributed by atoms with Crippen LogP contribution in [0.15, 0.2) is 60.7 Å². The van der Waals surface area contributed by atoms with Crippen LogP contribution in [0, 0.1) is 0 Å². The smallest absolute Gasteiger partial charge is 0.411 e. The normalized spacial score (nSPS) is 11.3. The number of nitrogens with zero attached hydrogens (tertiary/aromatic N) is 2. The third-order valence-corrected chi connectivity index (χ3v) is 6.36. The van der Waals surface area contributed by atoms with Crippen molar-refractivity contribution in [3.05, 3.63) is 71.8 Å². The molecule has 8 heteroatoms. The van der Waals surface area contributed by atoms with Crippen molar-refractivity contribution in [2.45, 2.75) is 46.0 Å². The molecule has 3 aromatic carbocycles. The van der Waals surface area contributed by atoms with Crippen LogP contribution in [0.25, 0.3) is 22.2 Å². The maximum Gasteiger partial charge on any atom is 0.411 e. The maximum atomic E-state index is 9.26. The van der Waals surface area contributed by atoms with E-state index in [9.17, 15) is 4.79 Å². The number of methoxy groups -OCH3 is 1. The second kappa shape index (κ2) is 13.3. The molecule has 0 fully saturated rings. The number of aromatic nitrogens is 2. The molecule has 1 atom stereocenters. The zero-order chi connectivity index (χ0) is 27.7. The van der Waals surface area contributed by atoms with E-state index in [1.807, 2.05) is 29.9 Å². The van der Waals surface area contributed by atoms with Gasteiger partial charge in [-0.25, -0.2) is 4.79 Å². The molecule has 8 nitrogen and oxygen atoms in total. The first kappa shape index (κ1) is 28.2. The van der Waals surface area contributed by atoms with E-state index in [0.29, 0.717) is 5.92 Å². The summed E-state index contributed by atoms with van der Waals surface area (Å²) in [6.07, 6.45) is 1.88. The summed E-state index contributed by atoms with van der Waals surface area (Å²) in [7, 11) is 3.66. The van der Waals surface area contributed by atoms with Crippen molar-refractivity contribution >= 4 is 23.4 Å². The van der Waals surface area contributed by atoms with Gasteiger partial charge >= 0.3 is 6.09 Å². The Bertz CT molecular complexity index is 1400. The lowest BCUT2D eigenvalue weighted by Crippen LogP contribution is -2.17. The van der Waals surface area contributed by atoms with Gasteiger partial charge in [0, 0.05) is 24.1 Å². The van der Waals surface area contributed by atoms with E-state index in [-0.39, 0.29) is 6.41 Å². The Morgan fingerprint density at radius 1 is 1.11 bits per heavy atom. The van der Waals surface area contributed by atoms with Crippen LogP contribution in [-0.4, -0.2) is 34.5 Å². The Labute approximate surface area is 223 Å². The Balaban J connectivity index is 0.000000599. The first-order valence-electron chi connectivity index (χ1n) is 12.7. The lowest BCUT2D eigenvalue weighted by molar-refractivity contribution is -0.108. The van der Waals surface area contributed by atoms with Crippen molar-refractivity contribution in [1.29, 1.82) is 0 Å². The quantitative estimate of drug-likeness (QED) is 0.234. The molecule has 38 heavy (non-hydrogen) atoms. The fourth-order valence-electron chi connectivity index (χ4n) is 4.17. The lowest BCUT2D eigenvalue weighted by Gasteiger charge is -2.15. The summed E-state index contributed by atoms with van der Waals surface area (Å²) in [4.78, 5) is 18.4. The highest BCUT2D eigenvalue weighted by molar-refractivity contribution is 5.94. The molecule has 0 saturated carbocycles. The van der Waals surface area contributed by atoms with Crippen molar-refractivity contribution in [2.75, 3.05) is 7.11 Å². The second-order valence-electron chi connectivity index (χ2n) is 8.98. The highest BCUT2D eigenvalue weighted by atomic mass is 16.5. The molecule has 0 radical (unpaired) electrons. The molecule has 0 aliphatic heterocycles. The third-order valence-electron chi connectivity index (χ3n) is 6.36. The Morgan fingerprint density at radius 2 is 1.89 bits per heavy atom. The van der Waals surface area contributed by atoms with Crippen LogP contribution in [-0.2, 0) is 18.3 Å². The summed E-state index contributed by atoms with van der Waals surface area (Å²) in [5.41, 5.74) is 5.65. The van der Waals surface area contributed by atoms with E-state index < -0.39 is 6.09 Å². The number of carbonyl (C=O) groups is 2. The van der Waals surface area contributed by atoms with Gasteiger partial charge in [0.1, 0.15) is 22.9 Å². The largest absolute Gasteiger partial charge is 0.497 e. The molecule has 1 aromatic heterocycles. The van der Waals surface area contributed by atoms with Crippen molar-refractivity contribution in [2.24, 2.45) is 7.05 Å². The fraction of sp³-hybridized carbons (Fsp3) is 0.300. The van der Waals surface area contributed by atoms with Crippen LogP contribution in [0.1, 0.15) is 50.7 Å². The highest BCUT2D eigenvalue weighted by Gasteiger charge is 2.15.